The normalized spacial score (nSPS) is 19.2. The van der Waals surface area contributed by atoms with Crippen molar-refractivity contribution in [3.8, 4) is 0 Å². The van der Waals surface area contributed by atoms with Gasteiger partial charge in [-0.05, 0) is 25.8 Å². The van der Waals surface area contributed by atoms with Gasteiger partial charge in [0.25, 0.3) is 5.56 Å². The van der Waals surface area contributed by atoms with Crippen molar-refractivity contribution in [1.82, 2.24) is 14.9 Å². The molecule has 0 aliphatic carbocycles. The molecule has 3 rings (SSSR count). The predicted molar refractivity (Wildman–Crippen MR) is 76.2 cm³/mol. The lowest BCUT2D eigenvalue weighted by atomic mass is 10.0. The highest BCUT2D eigenvalue weighted by Gasteiger charge is 2.24. The third-order valence-electron chi connectivity index (χ3n) is 4.10. The summed E-state index contributed by atoms with van der Waals surface area (Å²) in [6, 6.07) is 3.64. The summed E-state index contributed by atoms with van der Waals surface area (Å²) < 4.78 is 14.1. The van der Waals surface area contributed by atoms with Crippen molar-refractivity contribution in [2.45, 2.75) is 39.3 Å². The van der Waals surface area contributed by atoms with Gasteiger partial charge in [0.2, 0.25) is 0 Å². The van der Waals surface area contributed by atoms with E-state index in [1.807, 2.05) is 6.92 Å². The fourth-order valence-electron chi connectivity index (χ4n) is 2.58. The minimum absolute atomic E-state index is 0.185. The number of likely N-dealkylation sites (tertiary alicyclic amines) is 1. The average Bonchev–Trinajstić information content (AvgIpc) is 2.43. The number of nitrogens with zero attached hydrogens (tertiary/aromatic N) is 2. The number of fused-ring (bicyclic) bond motifs is 1. The summed E-state index contributed by atoms with van der Waals surface area (Å²) in [5, 5.41) is 0. The van der Waals surface area contributed by atoms with Gasteiger partial charge in [-0.15, -0.1) is 0 Å². The van der Waals surface area contributed by atoms with Gasteiger partial charge in [-0.3, -0.25) is 9.69 Å². The average molecular weight is 275 g/mol. The first-order valence-corrected chi connectivity index (χ1v) is 7.04. The summed E-state index contributed by atoms with van der Waals surface area (Å²) in [7, 11) is 0. The molecule has 106 valence electrons. The van der Waals surface area contributed by atoms with Crippen LogP contribution in [0.4, 0.5) is 4.39 Å². The molecule has 1 aliphatic rings. The molecular formula is C15H18FN3O. The van der Waals surface area contributed by atoms with E-state index in [2.05, 4.69) is 21.8 Å². The fourth-order valence-corrected chi connectivity index (χ4v) is 2.58. The molecule has 0 spiro atoms. The van der Waals surface area contributed by atoms with E-state index in [9.17, 15) is 9.18 Å². The molecule has 2 aromatic rings. The number of hydrogen-bond acceptors (Lipinski definition) is 3. The molecule has 0 unspecified atom stereocenters. The number of aromatic amines is 1. The van der Waals surface area contributed by atoms with E-state index in [0.29, 0.717) is 41.3 Å². The van der Waals surface area contributed by atoms with Gasteiger partial charge < -0.3 is 4.98 Å². The van der Waals surface area contributed by atoms with Crippen LogP contribution in [-0.4, -0.2) is 27.5 Å². The zero-order valence-corrected chi connectivity index (χ0v) is 11.7. The zero-order valence-electron chi connectivity index (χ0n) is 11.7. The van der Waals surface area contributed by atoms with Crippen LogP contribution in [0.25, 0.3) is 11.0 Å². The largest absolute Gasteiger partial charge is 0.319 e. The molecule has 1 atom stereocenters. The number of nitrogens with one attached hydrogen (secondary N) is 1. The third kappa shape index (κ3) is 2.22. The smallest absolute Gasteiger partial charge is 0.270 e. The van der Waals surface area contributed by atoms with Crippen LogP contribution < -0.4 is 5.56 Å². The summed E-state index contributed by atoms with van der Waals surface area (Å²) in [5.41, 5.74) is 2.00. The highest BCUT2D eigenvalue weighted by atomic mass is 19.1. The molecule has 1 aliphatic heterocycles. The Labute approximate surface area is 116 Å². The molecule has 4 nitrogen and oxygen atoms in total. The van der Waals surface area contributed by atoms with Gasteiger partial charge in [-0.1, -0.05) is 6.92 Å². The number of rotatable bonds is 3. The maximum atomic E-state index is 14.1. The van der Waals surface area contributed by atoms with Gasteiger partial charge in [0.15, 0.2) is 0 Å². The van der Waals surface area contributed by atoms with Crippen LogP contribution >= 0.6 is 0 Å². The number of benzene rings is 1. The van der Waals surface area contributed by atoms with Gasteiger partial charge >= 0.3 is 0 Å². The number of hydrogen-bond donors (Lipinski definition) is 1. The summed E-state index contributed by atoms with van der Waals surface area (Å²) in [6.07, 6.45) is 1.70. The maximum Gasteiger partial charge on any atom is 0.270 e. The van der Waals surface area contributed by atoms with Crippen LogP contribution in [0.5, 0.6) is 0 Å². The Balaban J connectivity index is 2.02. The third-order valence-corrected chi connectivity index (χ3v) is 4.10. The lowest BCUT2D eigenvalue weighted by molar-refractivity contribution is 0.0946. The highest BCUT2D eigenvalue weighted by molar-refractivity contribution is 5.75. The van der Waals surface area contributed by atoms with Crippen LogP contribution in [-0.2, 0) is 13.0 Å². The first-order valence-electron chi connectivity index (χ1n) is 7.04. The second-order valence-corrected chi connectivity index (χ2v) is 5.44. The predicted octanol–water partition coefficient (Wildman–Crippen LogP) is 2.22. The monoisotopic (exact) mass is 275 g/mol. The molecule has 0 saturated carbocycles. The molecule has 0 bridgehead atoms. The van der Waals surface area contributed by atoms with Crippen LogP contribution in [0.2, 0.25) is 0 Å². The molecule has 2 heterocycles. The lowest BCUT2D eigenvalue weighted by Gasteiger charge is -2.38. The fraction of sp³-hybridized carbons (Fsp3) is 0.467. The number of halogens is 1. The number of aromatic nitrogens is 2. The Morgan fingerprint density at radius 1 is 1.50 bits per heavy atom. The number of H-pyrrole nitrogens is 1. The second-order valence-electron chi connectivity index (χ2n) is 5.44. The van der Waals surface area contributed by atoms with E-state index in [1.165, 1.54) is 6.07 Å². The lowest BCUT2D eigenvalue weighted by Crippen LogP contribution is -2.44. The van der Waals surface area contributed by atoms with E-state index in [0.717, 1.165) is 13.0 Å². The molecule has 0 amide bonds. The highest BCUT2D eigenvalue weighted by Crippen LogP contribution is 2.23. The number of aryl methyl sites for hydroxylation is 1. The van der Waals surface area contributed by atoms with Gasteiger partial charge in [0, 0.05) is 30.8 Å². The Bertz CT molecular complexity index is 710. The molecule has 1 N–H and O–H groups in total. The summed E-state index contributed by atoms with van der Waals surface area (Å²) >= 11 is 0. The SMILES string of the molecule is CCc1nc2cc(F)c(CN3CC[C@H]3C)cc2[nH]c1=O. The minimum atomic E-state index is -0.252. The summed E-state index contributed by atoms with van der Waals surface area (Å²) in [6.45, 7) is 5.58. The van der Waals surface area contributed by atoms with Crippen molar-refractivity contribution >= 4 is 11.0 Å². The topological polar surface area (TPSA) is 49.0 Å². The van der Waals surface area contributed by atoms with Crippen molar-refractivity contribution in [3.05, 3.63) is 39.6 Å². The molecular weight excluding hydrogens is 257 g/mol. The van der Waals surface area contributed by atoms with Gasteiger partial charge in [-0.25, -0.2) is 9.37 Å². The standard InChI is InChI=1S/C15H18FN3O/c1-3-12-15(20)18-13-6-10(8-19-5-4-9(19)2)11(16)7-14(13)17-12/h6-7,9H,3-5,8H2,1-2H3,(H,18,20)/t9-/m1/s1. The van der Waals surface area contributed by atoms with E-state index < -0.39 is 0 Å². The molecule has 1 fully saturated rings. The first kappa shape index (κ1) is 13.2. The summed E-state index contributed by atoms with van der Waals surface area (Å²) in [5.74, 6) is -0.252. The molecule has 1 aromatic carbocycles. The Morgan fingerprint density at radius 3 is 2.90 bits per heavy atom. The Kier molecular flexibility index (Phi) is 3.30. The van der Waals surface area contributed by atoms with Crippen molar-refractivity contribution in [2.75, 3.05) is 6.54 Å². The second kappa shape index (κ2) is 4.98. The van der Waals surface area contributed by atoms with Crippen molar-refractivity contribution in [1.29, 1.82) is 0 Å². The van der Waals surface area contributed by atoms with Gasteiger partial charge in [-0.2, -0.15) is 0 Å². The Hall–Kier alpha value is -1.75. The van der Waals surface area contributed by atoms with Crippen LogP contribution in [0, 0.1) is 5.82 Å². The first-order chi connectivity index (χ1) is 9.58. The molecule has 1 aromatic heterocycles. The molecule has 0 radical (unpaired) electrons. The van der Waals surface area contributed by atoms with E-state index in [1.54, 1.807) is 6.07 Å². The molecule has 1 saturated heterocycles. The van der Waals surface area contributed by atoms with Crippen molar-refractivity contribution in [3.63, 3.8) is 0 Å². The molecule has 5 heteroatoms. The quantitative estimate of drug-likeness (QED) is 0.934. The van der Waals surface area contributed by atoms with Crippen molar-refractivity contribution < 1.29 is 4.39 Å². The molecule has 20 heavy (non-hydrogen) atoms. The minimum Gasteiger partial charge on any atom is -0.319 e. The maximum absolute atomic E-state index is 14.1. The van der Waals surface area contributed by atoms with Crippen LogP contribution in [0.1, 0.15) is 31.5 Å². The van der Waals surface area contributed by atoms with Crippen LogP contribution in [0.3, 0.4) is 0 Å². The van der Waals surface area contributed by atoms with Gasteiger partial charge in [0.1, 0.15) is 11.5 Å². The summed E-state index contributed by atoms with van der Waals surface area (Å²) in [4.78, 5) is 21.0. The van der Waals surface area contributed by atoms with E-state index in [4.69, 9.17) is 0 Å². The van der Waals surface area contributed by atoms with Crippen molar-refractivity contribution in [2.24, 2.45) is 0 Å². The Morgan fingerprint density at radius 2 is 2.30 bits per heavy atom. The van der Waals surface area contributed by atoms with E-state index in [-0.39, 0.29) is 11.4 Å². The van der Waals surface area contributed by atoms with Gasteiger partial charge in [0.05, 0.1) is 11.0 Å². The zero-order chi connectivity index (χ0) is 14.3. The van der Waals surface area contributed by atoms with Crippen LogP contribution in [0.15, 0.2) is 16.9 Å². The van der Waals surface area contributed by atoms with E-state index >= 15 is 0 Å².